The molecule has 0 saturated carbocycles. The van der Waals surface area contributed by atoms with E-state index in [4.69, 9.17) is 9.47 Å². The number of hydrogen-bond acceptors (Lipinski definition) is 8. The Hall–Kier alpha value is -3.61. The predicted octanol–water partition coefficient (Wildman–Crippen LogP) is 0.485. The first kappa shape index (κ1) is 23.5. The van der Waals surface area contributed by atoms with Crippen LogP contribution in [-0.4, -0.2) is 80.8 Å². The van der Waals surface area contributed by atoms with Gasteiger partial charge in [0.2, 0.25) is 10.0 Å². The van der Waals surface area contributed by atoms with Crippen LogP contribution in [0.3, 0.4) is 0 Å². The van der Waals surface area contributed by atoms with Crippen molar-refractivity contribution < 1.29 is 37.1 Å². The van der Waals surface area contributed by atoms with Crippen LogP contribution in [0.1, 0.15) is 20.7 Å². The monoisotopic (exact) mass is 487 g/mol. The predicted molar refractivity (Wildman–Crippen MR) is 117 cm³/mol. The second kappa shape index (κ2) is 9.71. The summed E-state index contributed by atoms with van der Waals surface area (Å²) >= 11 is 0. The smallest absolute Gasteiger partial charge is 0.326 e. The molecule has 12 heteroatoms. The SMILES string of the molecule is O=C(COC(=O)CN1C(=O)c2ccccc2C1=O)Nc1ccc(S(=O)(=O)N2CCOCC2)cc1. The molecule has 0 aromatic heterocycles. The third kappa shape index (κ3) is 4.83. The van der Waals surface area contributed by atoms with Crippen molar-refractivity contribution in [2.75, 3.05) is 44.8 Å². The summed E-state index contributed by atoms with van der Waals surface area (Å²) in [6, 6.07) is 11.8. The number of hydrogen-bond donors (Lipinski definition) is 1. The van der Waals surface area contributed by atoms with E-state index in [0.717, 1.165) is 4.90 Å². The second-order valence-corrected chi connectivity index (χ2v) is 9.43. The van der Waals surface area contributed by atoms with Crippen LogP contribution in [0, 0.1) is 0 Å². The molecule has 178 valence electrons. The summed E-state index contributed by atoms with van der Waals surface area (Å²) in [7, 11) is -3.66. The Bertz CT molecular complexity index is 1200. The molecule has 0 radical (unpaired) electrons. The first-order valence-corrected chi connectivity index (χ1v) is 11.8. The van der Waals surface area contributed by atoms with Crippen LogP contribution < -0.4 is 5.32 Å². The summed E-state index contributed by atoms with van der Waals surface area (Å²) < 4.78 is 36.6. The van der Waals surface area contributed by atoms with Crippen LogP contribution >= 0.6 is 0 Å². The van der Waals surface area contributed by atoms with Crippen molar-refractivity contribution in [1.29, 1.82) is 0 Å². The van der Waals surface area contributed by atoms with Crippen LogP contribution in [-0.2, 0) is 29.1 Å². The summed E-state index contributed by atoms with van der Waals surface area (Å²) in [4.78, 5) is 49.6. The van der Waals surface area contributed by atoms with Crippen molar-refractivity contribution >= 4 is 39.4 Å². The number of sulfonamides is 1. The van der Waals surface area contributed by atoms with Crippen molar-refractivity contribution in [3.05, 3.63) is 59.7 Å². The number of rotatable bonds is 7. The quantitative estimate of drug-likeness (QED) is 0.440. The zero-order valence-corrected chi connectivity index (χ0v) is 18.7. The maximum atomic E-state index is 12.6. The molecule has 2 aliphatic heterocycles. The van der Waals surface area contributed by atoms with Gasteiger partial charge in [0.25, 0.3) is 17.7 Å². The summed E-state index contributed by atoms with van der Waals surface area (Å²) in [5, 5.41) is 2.49. The number of esters is 1. The van der Waals surface area contributed by atoms with E-state index in [1.54, 1.807) is 12.1 Å². The summed E-state index contributed by atoms with van der Waals surface area (Å²) in [5.74, 6) is -2.79. The number of nitrogens with one attached hydrogen (secondary N) is 1. The van der Waals surface area contributed by atoms with Gasteiger partial charge in [0.15, 0.2) is 6.61 Å². The molecule has 2 aliphatic rings. The van der Waals surface area contributed by atoms with Gasteiger partial charge in [-0.15, -0.1) is 0 Å². The second-order valence-electron chi connectivity index (χ2n) is 7.49. The van der Waals surface area contributed by atoms with Crippen molar-refractivity contribution in [3.63, 3.8) is 0 Å². The van der Waals surface area contributed by atoms with E-state index in [0.29, 0.717) is 18.9 Å². The number of carbonyl (C=O) groups excluding carboxylic acids is 4. The Morgan fingerprint density at radius 1 is 0.941 bits per heavy atom. The van der Waals surface area contributed by atoms with Gasteiger partial charge >= 0.3 is 5.97 Å². The lowest BCUT2D eigenvalue weighted by Gasteiger charge is -2.26. The number of amides is 3. The molecule has 0 spiro atoms. The minimum atomic E-state index is -3.66. The average molecular weight is 487 g/mol. The van der Waals surface area contributed by atoms with Gasteiger partial charge in [-0.1, -0.05) is 12.1 Å². The zero-order chi connectivity index (χ0) is 24.3. The number of carbonyl (C=O) groups is 4. The fourth-order valence-corrected chi connectivity index (χ4v) is 4.95. The minimum absolute atomic E-state index is 0.0831. The Morgan fingerprint density at radius 2 is 1.53 bits per heavy atom. The van der Waals surface area contributed by atoms with Gasteiger partial charge < -0.3 is 14.8 Å². The Kier molecular flexibility index (Phi) is 6.72. The molecule has 0 unspecified atom stereocenters. The van der Waals surface area contributed by atoms with E-state index in [9.17, 15) is 27.6 Å². The molecule has 34 heavy (non-hydrogen) atoms. The van der Waals surface area contributed by atoms with Crippen molar-refractivity contribution in [1.82, 2.24) is 9.21 Å². The van der Waals surface area contributed by atoms with Gasteiger partial charge in [-0.05, 0) is 36.4 Å². The number of imide groups is 1. The molecule has 4 rings (SSSR count). The molecule has 2 heterocycles. The first-order chi connectivity index (χ1) is 16.3. The number of fused-ring (bicyclic) bond motifs is 1. The number of ether oxygens (including phenoxy) is 2. The van der Waals surface area contributed by atoms with E-state index in [2.05, 4.69) is 5.32 Å². The summed E-state index contributed by atoms with van der Waals surface area (Å²) in [5.41, 5.74) is 0.719. The van der Waals surface area contributed by atoms with Crippen LogP contribution in [0.2, 0.25) is 0 Å². The zero-order valence-electron chi connectivity index (χ0n) is 17.9. The van der Waals surface area contributed by atoms with Gasteiger partial charge in [0.05, 0.1) is 29.2 Å². The largest absolute Gasteiger partial charge is 0.454 e. The van der Waals surface area contributed by atoms with Crippen LogP contribution in [0.15, 0.2) is 53.4 Å². The Labute approximate surface area is 195 Å². The summed E-state index contributed by atoms with van der Waals surface area (Å²) in [6.45, 7) is -0.0540. The molecule has 0 atom stereocenters. The van der Waals surface area contributed by atoms with Gasteiger partial charge in [-0.2, -0.15) is 4.31 Å². The molecule has 1 N–H and O–H groups in total. The van der Waals surface area contributed by atoms with E-state index < -0.39 is 46.9 Å². The van der Waals surface area contributed by atoms with Crippen LogP contribution in [0.5, 0.6) is 0 Å². The van der Waals surface area contributed by atoms with Crippen molar-refractivity contribution in [2.24, 2.45) is 0 Å². The topological polar surface area (TPSA) is 139 Å². The van der Waals surface area contributed by atoms with Crippen molar-refractivity contribution in [2.45, 2.75) is 4.90 Å². The number of benzene rings is 2. The van der Waals surface area contributed by atoms with Gasteiger partial charge in [0, 0.05) is 18.8 Å². The van der Waals surface area contributed by atoms with Gasteiger partial charge in [0.1, 0.15) is 6.54 Å². The third-order valence-corrected chi connectivity index (χ3v) is 7.19. The molecule has 2 aromatic rings. The summed E-state index contributed by atoms with van der Waals surface area (Å²) in [6.07, 6.45) is 0. The van der Waals surface area contributed by atoms with E-state index in [1.165, 1.54) is 40.7 Å². The average Bonchev–Trinajstić information content (AvgIpc) is 3.08. The molecule has 0 bridgehead atoms. The highest BCUT2D eigenvalue weighted by molar-refractivity contribution is 7.89. The first-order valence-electron chi connectivity index (χ1n) is 10.4. The standard InChI is InChI=1S/C22H21N3O8S/c26-19(14-33-20(27)13-25-21(28)17-3-1-2-4-18(17)22(25)29)23-15-5-7-16(8-6-15)34(30,31)24-9-11-32-12-10-24/h1-8H,9-14H2,(H,23,26). The highest BCUT2D eigenvalue weighted by atomic mass is 32.2. The minimum Gasteiger partial charge on any atom is -0.454 e. The molecule has 1 fully saturated rings. The molecule has 2 aromatic carbocycles. The molecule has 1 saturated heterocycles. The van der Waals surface area contributed by atoms with E-state index in [-0.39, 0.29) is 29.1 Å². The third-order valence-electron chi connectivity index (χ3n) is 5.28. The number of nitrogens with zero attached hydrogens (tertiary/aromatic N) is 2. The van der Waals surface area contributed by atoms with E-state index in [1.807, 2.05) is 0 Å². The molecule has 0 aliphatic carbocycles. The number of morpholine rings is 1. The molecule has 3 amide bonds. The normalized spacial score (nSPS) is 16.3. The molecule has 11 nitrogen and oxygen atoms in total. The Balaban J connectivity index is 1.27. The van der Waals surface area contributed by atoms with Crippen LogP contribution in [0.4, 0.5) is 5.69 Å². The number of anilines is 1. The maximum absolute atomic E-state index is 12.6. The maximum Gasteiger partial charge on any atom is 0.326 e. The molecular formula is C22H21N3O8S. The van der Waals surface area contributed by atoms with Crippen molar-refractivity contribution in [3.8, 4) is 0 Å². The lowest BCUT2D eigenvalue weighted by atomic mass is 10.1. The van der Waals surface area contributed by atoms with Crippen LogP contribution in [0.25, 0.3) is 0 Å². The highest BCUT2D eigenvalue weighted by Gasteiger charge is 2.36. The van der Waals surface area contributed by atoms with E-state index >= 15 is 0 Å². The Morgan fingerprint density at radius 3 is 2.12 bits per heavy atom. The fraction of sp³-hybridized carbons (Fsp3) is 0.273. The molecular weight excluding hydrogens is 466 g/mol. The fourth-order valence-electron chi connectivity index (χ4n) is 3.55. The highest BCUT2D eigenvalue weighted by Crippen LogP contribution is 2.22. The van der Waals surface area contributed by atoms with Gasteiger partial charge in [-0.25, -0.2) is 8.42 Å². The lowest BCUT2D eigenvalue weighted by molar-refractivity contribution is -0.147. The van der Waals surface area contributed by atoms with Gasteiger partial charge in [-0.3, -0.25) is 24.1 Å². The lowest BCUT2D eigenvalue weighted by Crippen LogP contribution is -2.40.